The maximum atomic E-state index is 11.7. The minimum absolute atomic E-state index is 0.553. The summed E-state index contributed by atoms with van der Waals surface area (Å²) < 4.78 is 9.46. The second kappa shape index (κ2) is 7.03. The largest absolute Gasteiger partial charge is 0.466 e. The summed E-state index contributed by atoms with van der Waals surface area (Å²) in [4.78, 5) is 25.4. The molecule has 1 aromatic carbocycles. The van der Waals surface area contributed by atoms with Crippen LogP contribution in [0.1, 0.15) is 18.5 Å². The number of rotatable bonds is 5. The fourth-order valence-corrected chi connectivity index (χ4v) is 1.54. The van der Waals surface area contributed by atoms with Crippen molar-refractivity contribution in [2.45, 2.75) is 19.1 Å². The predicted molar refractivity (Wildman–Crippen MR) is 65.9 cm³/mol. The number of hydrogen-bond acceptors (Lipinski definition) is 5. The maximum Gasteiger partial charge on any atom is 0.347 e. The van der Waals surface area contributed by atoms with Crippen LogP contribution in [-0.2, 0) is 19.1 Å². The number of nitrogens with zero attached hydrogens (tertiary/aromatic N) is 3. The molecular formula is C12H13N3O4. The van der Waals surface area contributed by atoms with Crippen LogP contribution in [0.4, 0.5) is 0 Å². The van der Waals surface area contributed by atoms with Gasteiger partial charge in [-0.3, -0.25) is 4.79 Å². The van der Waals surface area contributed by atoms with Crippen molar-refractivity contribution in [3.05, 3.63) is 46.3 Å². The zero-order valence-corrected chi connectivity index (χ0v) is 10.5. The van der Waals surface area contributed by atoms with Crippen LogP contribution < -0.4 is 0 Å². The Hall–Kier alpha value is -2.53. The molecule has 0 spiro atoms. The Balaban J connectivity index is 3.15. The fourth-order valence-electron chi connectivity index (χ4n) is 1.54. The minimum Gasteiger partial charge on any atom is -0.466 e. The SMILES string of the molecule is COC(=O)[C@H](OC(C)=O)[C@H](N=[N+]=[N-])c1ccccc1. The van der Waals surface area contributed by atoms with E-state index in [-0.39, 0.29) is 0 Å². The molecule has 0 bridgehead atoms. The number of azide groups is 1. The van der Waals surface area contributed by atoms with E-state index >= 15 is 0 Å². The third kappa shape index (κ3) is 4.01. The molecule has 1 rings (SSSR count). The summed E-state index contributed by atoms with van der Waals surface area (Å²) in [6.07, 6.45) is -1.30. The second-order valence-corrected chi connectivity index (χ2v) is 3.61. The first-order chi connectivity index (χ1) is 9.10. The molecule has 1 aromatic rings. The second-order valence-electron chi connectivity index (χ2n) is 3.61. The van der Waals surface area contributed by atoms with Crippen molar-refractivity contribution in [1.29, 1.82) is 0 Å². The van der Waals surface area contributed by atoms with Gasteiger partial charge in [-0.2, -0.15) is 0 Å². The Bertz CT molecular complexity index is 497. The molecule has 0 aromatic heterocycles. The number of esters is 2. The molecule has 0 saturated carbocycles. The fraction of sp³-hybridized carbons (Fsp3) is 0.333. The first kappa shape index (κ1) is 14.5. The molecule has 0 N–H and O–H groups in total. The highest BCUT2D eigenvalue weighted by atomic mass is 16.6. The van der Waals surface area contributed by atoms with Crippen LogP contribution in [0.15, 0.2) is 35.4 Å². The van der Waals surface area contributed by atoms with Gasteiger partial charge in [0.15, 0.2) is 0 Å². The molecule has 0 fully saturated rings. The van der Waals surface area contributed by atoms with Crippen LogP contribution >= 0.6 is 0 Å². The Morgan fingerprint density at radius 3 is 2.42 bits per heavy atom. The lowest BCUT2D eigenvalue weighted by molar-refractivity contribution is -0.166. The van der Waals surface area contributed by atoms with Crippen molar-refractivity contribution in [1.82, 2.24) is 0 Å². The number of benzene rings is 1. The predicted octanol–water partition coefficient (Wildman–Crippen LogP) is 2.14. The van der Waals surface area contributed by atoms with Crippen molar-refractivity contribution in [3.63, 3.8) is 0 Å². The van der Waals surface area contributed by atoms with Crippen LogP contribution in [0.5, 0.6) is 0 Å². The summed E-state index contributed by atoms with van der Waals surface area (Å²) in [5.41, 5.74) is 9.15. The van der Waals surface area contributed by atoms with Crippen LogP contribution in [0.3, 0.4) is 0 Å². The van der Waals surface area contributed by atoms with Gasteiger partial charge in [0.1, 0.15) is 6.04 Å². The molecule has 0 aliphatic heterocycles. The van der Waals surface area contributed by atoms with E-state index in [0.29, 0.717) is 5.56 Å². The number of methoxy groups -OCH3 is 1. The third-order valence-electron chi connectivity index (χ3n) is 2.33. The van der Waals surface area contributed by atoms with E-state index in [0.717, 1.165) is 14.0 Å². The quantitative estimate of drug-likeness (QED) is 0.351. The maximum absolute atomic E-state index is 11.7. The number of ether oxygens (including phenoxy) is 2. The van der Waals surface area contributed by atoms with Crippen LogP contribution in [-0.4, -0.2) is 25.2 Å². The first-order valence-electron chi connectivity index (χ1n) is 5.44. The Morgan fingerprint density at radius 1 is 1.32 bits per heavy atom. The molecule has 2 atom stereocenters. The lowest BCUT2D eigenvalue weighted by Gasteiger charge is -2.21. The van der Waals surface area contributed by atoms with Gasteiger partial charge in [0.05, 0.1) is 7.11 Å². The highest BCUT2D eigenvalue weighted by Gasteiger charge is 2.32. The van der Waals surface area contributed by atoms with E-state index in [1.807, 2.05) is 0 Å². The average molecular weight is 263 g/mol. The third-order valence-corrected chi connectivity index (χ3v) is 2.33. The van der Waals surface area contributed by atoms with Crippen LogP contribution in [0, 0.1) is 0 Å². The lowest BCUT2D eigenvalue weighted by Crippen LogP contribution is -2.32. The van der Waals surface area contributed by atoms with Gasteiger partial charge in [-0.1, -0.05) is 35.4 Å². The smallest absolute Gasteiger partial charge is 0.347 e. The summed E-state index contributed by atoms with van der Waals surface area (Å²) in [6.45, 7) is 1.16. The number of hydrogen-bond donors (Lipinski definition) is 0. The van der Waals surface area contributed by atoms with Gasteiger partial charge < -0.3 is 9.47 Å². The molecule has 0 aliphatic rings. The summed E-state index contributed by atoms with van der Waals surface area (Å²) in [5.74, 6) is -1.44. The van der Waals surface area contributed by atoms with Crippen molar-refractivity contribution >= 4 is 11.9 Å². The van der Waals surface area contributed by atoms with E-state index in [2.05, 4.69) is 14.8 Å². The Kier molecular flexibility index (Phi) is 5.37. The summed E-state index contributed by atoms with van der Waals surface area (Å²) in [6, 6.07) is 7.57. The summed E-state index contributed by atoms with van der Waals surface area (Å²) in [5, 5.41) is 3.52. The van der Waals surface area contributed by atoms with Gasteiger partial charge in [-0.15, -0.1) is 0 Å². The molecule has 0 saturated heterocycles. The van der Waals surface area contributed by atoms with Crippen molar-refractivity contribution in [2.24, 2.45) is 5.11 Å². The van der Waals surface area contributed by atoms with Gasteiger partial charge in [0, 0.05) is 11.8 Å². The lowest BCUT2D eigenvalue weighted by atomic mass is 10.0. The monoisotopic (exact) mass is 263 g/mol. The normalized spacial score (nSPS) is 12.7. The standard InChI is InChI=1S/C12H13N3O4/c1-8(16)19-11(12(17)18-2)10(14-15-13)9-6-4-3-5-7-9/h3-7,10-11H,1-2H3/t10-,11-/m1/s1. The molecule has 7 heteroatoms. The van der Waals surface area contributed by atoms with Crippen molar-refractivity contribution in [3.8, 4) is 0 Å². The van der Waals surface area contributed by atoms with Gasteiger partial charge in [-0.05, 0) is 11.1 Å². The van der Waals surface area contributed by atoms with Gasteiger partial charge >= 0.3 is 11.9 Å². The molecule has 19 heavy (non-hydrogen) atoms. The zero-order chi connectivity index (χ0) is 14.3. The van der Waals surface area contributed by atoms with E-state index in [1.165, 1.54) is 0 Å². The highest BCUT2D eigenvalue weighted by Crippen LogP contribution is 2.25. The molecule has 0 radical (unpaired) electrons. The van der Waals surface area contributed by atoms with E-state index < -0.39 is 24.1 Å². The van der Waals surface area contributed by atoms with E-state index in [4.69, 9.17) is 10.3 Å². The minimum atomic E-state index is -1.30. The molecule has 0 aliphatic carbocycles. The van der Waals surface area contributed by atoms with Gasteiger partial charge in [-0.25, -0.2) is 4.79 Å². The summed E-state index contributed by atoms with van der Waals surface area (Å²) >= 11 is 0. The molecule has 0 heterocycles. The topological polar surface area (TPSA) is 101 Å². The number of carbonyl (C=O) groups is 2. The molecule has 100 valence electrons. The van der Waals surface area contributed by atoms with Crippen molar-refractivity contribution in [2.75, 3.05) is 7.11 Å². The molecule has 0 unspecified atom stereocenters. The first-order valence-corrected chi connectivity index (χ1v) is 5.44. The van der Waals surface area contributed by atoms with Crippen LogP contribution in [0.25, 0.3) is 10.4 Å². The molecular weight excluding hydrogens is 250 g/mol. The van der Waals surface area contributed by atoms with E-state index in [9.17, 15) is 9.59 Å². The van der Waals surface area contributed by atoms with Gasteiger partial charge in [0.25, 0.3) is 0 Å². The highest BCUT2D eigenvalue weighted by molar-refractivity contribution is 5.79. The average Bonchev–Trinajstić information content (AvgIpc) is 2.42. The van der Waals surface area contributed by atoms with E-state index in [1.54, 1.807) is 30.3 Å². The summed E-state index contributed by atoms with van der Waals surface area (Å²) in [7, 11) is 1.16. The Morgan fingerprint density at radius 2 is 1.95 bits per heavy atom. The Labute approximate surface area is 109 Å². The molecule has 7 nitrogen and oxygen atoms in total. The molecule has 0 amide bonds. The van der Waals surface area contributed by atoms with Crippen molar-refractivity contribution < 1.29 is 19.1 Å². The van der Waals surface area contributed by atoms with Crippen LogP contribution in [0.2, 0.25) is 0 Å². The number of carbonyl (C=O) groups excluding carboxylic acids is 2. The zero-order valence-electron chi connectivity index (χ0n) is 10.5. The van der Waals surface area contributed by atoms with Gasteiger partial charge in [0.2, 0.25) is 6.10 Å².